The number of amides is 1. The van der Waals surface area contributed by atoms with Crippen LogP contribution in [0.4, 0.5) is 23.3 Å². The van der Waals surface area contributed by atoms with Crippen LogP contribution in [-0.4, -0.2) is 46.1 Å². The molecule has 0 aromatic carbocycles. The summed E-state index contributed by atoms with van der Waals surface area (Å²) in [6.45, 7) is 0.824. The second-order valence-corrected chi connectivity index (χ2v) is 8.86. The first-order valence-corrected chi connectivity index (χ1v) is 11.0. The number of carbonyl (C=O) groups is 2. The van der Waals surface area contributed by atoms with E-state index in [-0.39, 0.29) is 42.1 Å². The maximum atomic E-state index is 13.0. The predicted octanol–water partition coefficient (Wildman–Crippen LogP) is 1.80. The van der Waals surface area contributed by atoms with Crippen molar-refractivity contribution in [1.82, 2.24) is 9.97 Å². The van der Waals surface area contributed by atoms with Gasteiger partial charge in [-0.25, -0.2) is 9.97 Å². The summed E-state index contributed by atoms with van der Waals surface area (Å²) in [6, 6.07) is 2.34. The van der Waals surface area contributed by atoms with Crippen LogP contribution in [0.5, 0.6) is 0 Å². The van der Waals surface area contributed by atoms with Crippen LogP contribution in [0.3, 0.4) is 0 Å². The summed E-state index contributed by atoms with van der Waals surface area (Å²) in [6.07, 6.45) is 5.35. The molecule has 1 amide bonds. The van der Waals surface area contributed by atoms with E-state index < -0.39 is 11.9 Å². The van der Waals surface area contributed by atoms with E-state index in [4.69, 9.17) is 11.5 Å². The van der Waals surface area contributed by atoms with E-state index in [1.807, 2.05) is 4.90 Å². The number of anilines is 4. The highest BCUT2D eigenvalue weighted by Crippen LogP contribution is 2.44. The predicted molar refractivity (Wildman–Crippen MR) is 119 cm³/mol. The van der Waals surface area contributed by atoms with Crippen LogP contribution in [0.25, 0.3) is 10.8 Å². The Morgan fingerprint density at radius 3 is 2.41 bits per heavy atom. The van der Waals surface area contributed by atoms with Gasteiger partial charge in [0, 0.05) is 30.1 Å². The number of rotatable bonds is 3. The molecule has 0 bridgehead atoms. The monoisotopic (exact) mass is 435 g/mol. The number of nitriles is 1. The lowest BCUT2D eigenvalue weighted by Crippen LogP contribution is -2.39. The summed E-state index contributed by atoms with van der Waals surface area (Å²) in [5, 5.41) is 20.5. The van der Waals surface area contributed by atoms with E-state index in [1.54, 1.807) is 4.90 Å². The van der Waals surface area contributed by atoms with Gasteiger partial charge in [-0.1, -0.05) is 12.8 Å². The van der Waals surface area contributed by atoms with Gasteiger partial charge in [0.1, 0.15) is 34.9 Å². The highest BCUT2D eigenvalue weighted by molar-refractivity contribution is 6.13. The van der Waals surface area contributed by atoms with Crippen LogP contribution in [0.2, 0.25) is 0 Å². The van der Waals surface area contributed by atoms with Crippen LogP contribution >= 0.6 is 0 Å². The van der Waals surface area contributed by atoms with Gasteiger partial charge in [-0.2, -0.15) is 5.26 Å². The van der Waals surface area contributed by atoms with Crippen LogP contribution < -0.4 is 21.3 Å². The average molecular weight is 435 g/mol. The zero-order valence-electron chi connectivity index (χ0n) is 17.7. The number of nitrogen functional groups attached to an aromatic ring is 2. The quantitative estimate of drug-likeness (QED) is 0.652. The zero-order valence-corrected chi connectivity index (χ0v) is 17.7. The average Bonchev–Trinajstić information content (AvgIpc) is 3.40. The smallest absolute Gasteiger partial charge is 0.308 e. The number of carboxylic acid groups (broad SMARTS) is 1. The Morgan fingerprint density at radius 2 is 1.75 bits per heavy atom. The third kappa shape index (κ3) is 2.99. The standard InChI is InChI=1S/C22H25N7O3/c23-9-14-16-13-8-15(30)29(12-5-1-2-6-12)21(13)27-19(25)17(16)18(24)26-20(14)28-7-3-4-11(10-28)22(31)32/h11-12H,1-8,10H2,(H2,24,26)(H2,25,27)(H,31,32)/t11-/m1/s1. The molecule has 2 aromatic heterocycles. The second kappa shape index (κ2) is 7.51. The van der Waals surface area contributed by atoms with Crippen molar-refractivity contribution in [3.8, 4) is 6.07 Å². The number of hydrogen-bond donors (Lipinski definition) is 3. The number of piperidine rings is 1. The molecule has 0 spiro atoms. The van der Waals surface area contributed by atoms with E-state index in [2.05, 4.69) is 16.0 Å². The van der Waals surface area contributed by atoms with Gasteiger partial charge in [0.25, 0.3) is 0 Å². The van der Waals surface area contributed by atoms with Gasteiger partial charge in [0.2, 0.25) is 5.91 Å². The number of carbonyl (C=O) groups excluding carboxylic acids is 1. The van der Waals surface area contributed by atoms with Crippen LogP contribution in [0.1, 0.15) is 49.7 Å². The van der Waals surface area contributed by atoms with Crippen molar-refractivity contribution >= 4 is 45.9 Å². The summed E-state index contributed by atoms with van der Waals surface area (Å²) in [5.74, 6) is -0.311. The minimum absolute atomic E-state index is 0.0453. The highest BCUT2D eigenvalue weighted by Gasteiger charge is 2.39. The van der Waals surface area contributed by atoms with Gasteiger partial charge in [0.15, 0.2) is 0 Å². The molecule has 1 saturated carbocycles. The molecule has 4 heterocycles. The normalized spacial score (nSPS) is 21.2. The number of nitrogens with zero attached hydrogens (tertiary/aromatic N) is 5. The van der Waals surface area contributed by atoms with Gasteiger partial charge >= 0.3 is 5.97 Å². The van der Waals surface area contributed by atoms with Crippen molar-refractivity contribution in [3.63, 3.8) is 0 Å². The van der Waals surface area contributed by atoms with E-state index >= 15 is 0 Å². The van der Waals surface area contributed by atoms with Gasteiger partial charge in [-0.3, -0.25) is 14.5 Å². The Hall–Kier alpha value is -3.61. The molecule has 32 heavy (non-hydrogen) atoms. The topological polar surface area (TPSA) is 162 Å². The van der Waals surface area contributed by atoms with E-state index in [0.717, 1.165) is 25.7 Å². The lowest BCUT2D eigenvalue weighted by molar-refractivity contribution is -0.142. The molecule has 2 fully saturated rings. The number of hydrogen-bond acceptors (Lipinski definition) is 8. The van der Waals surface area contributed by atoms with Crippen molar-refractivity contribution in [1.29, 1.82) is 5.26 Å². The Labute approximate surface area is 184 Å². The van der Waals surface area contributed by atoms with Gasteiger partial charge < -0.3 is 21.5 Å². The second-order valence-electron chi connectivity index (χ2n) is 8.86. The molecule has 1 aliphatic carbocycles. The number of nitrogens with two attached hydrogens (primary N) is 2. The molecule has 0 radical (unpaired) electrons. The highest BCUT2D eigenvalue weighted by atomic mass is 16.4. The summed E-state index contributed by atoms with van der Waals surface area (Å²) >= 11 is 0. The molecule has 5 rings (SSSR count). The van der Waals surface area contributed by atoms with Crippen LogP contribution in [-0.2, 0) is 16.0 Å². The summed E-state index contributed by atoms with van der Waals surface area (Å²) in [7, 11) is 0. The van der Waals surface area contributed by atoms with Gasteiger partial charge in [-0.15, -0.1) is 0 Å². The Kier molecular flexibility index (Phi) is 4.77. The van der Waals surface area contributed by atoms with Crippen molar-refractivity contribution in [2.75, 3.05) is 34.4 Å². The first-order chi connectivity index (χ1) is 15.4. The summed E-state index contributed by atoms with van der Waals surface area (Å²) in [4.78, 5) is 37.1. The lowest BCUT2D eigenvalue weighted by atomic mass is 9.96. The van der Waals surface area contributed by atoms with Crippen molar-refractivity contribution in [2.45, 2.75) is 51.0 Å². The summed E-state index contributed by atoms with van der Waals surface area (Å²) < 4.78 is 0. The van der Waals surface area contributed by atoms with Crippen LogP contribution in [0.15, 0.2) is 0 Å². The van der Waals surface area contributed by atoms with Crippen molar-refractivity contribution in [2.24, 2.45) is 5.92 Å². The lowest BCUT2D eigenvalue weighted by Gasteiger charge is -2.32. The van der Waals surface area contributed by atoms with Crippen LogP contribution in [0, 0.1) is 17.2 Å². The third-order valence-corrected chi connectivity index (χ3v) is 6.96. The van der Waals surface area contributed by atoms with E-state index in [0.29, 0.717) is 47.4 Å². The fourth-order valence-corrected chi connectivity index (χ4v) is 5.47. The first-order valence-electron chi connectivity index (χ1n) is 11.0. The molecule has 166 valence electrons. The third-order valence-electron chi connectivity index (χ3n) is 6.96. The van der Waals surface area contributed by atoms with E-state index in [1.165, 1.54) is 0 Å². The molecule has 3 aliphatic rings. The van der Waals surface area contributed by atoms with Crippen molar-refractivity contribution < 1.29 is 14.7 Å². The molecule has 2 aromatic rings. The molecular formula is C22H25N7O3. The molecule has 5 N–H and O–H groups in total. The number of aliphatic carboxylic acids is 1. The maximum Gasteiger partial charge on any atom is 0.308 e. The number of fused-ring (bicyclic) bond motifs is 3. The molecule has 2 aliphatic heterocycles. The molecule has 1 atom stereocenters. The summed E-state index contributed by atoms with van der Waals surface area (Å²) in [5.41, 5.74) is 13.5. The fraction of sp³-hybridized carbons (Fsp3) is 0.500. The first kappa shape index (κ1) is 20.3. The zero-order chi connectivity index (χ0) is 22.6. The minimum Gasteiger partial charge on any atom is -0.481 e. The Balaban J connectivity index is 1.71. The molecule has 10 heteroatoms. The minimum atomic E-state index is -0.867. The fourth-order valence-electron chi connectivity index (χ4n) is 5.47. The number of aromatic nitrogens is 2. The Morgan fingerprint density at radius 1 is 1.06 bits per heavy atom. The Bertz CT molecular complexity index is 1180. The largest absolute Gasteiger partial charge is 0.481 e. The number of carboxylic acids is 1. The van der Waals surface area contributed by atoms with Gasteiger partial charge in [0.05, 0.1) is 17.7 Å². The molecular weight excluding hydrogens is 410 g/mol. The number of pyridine rings is 2. The van der Waals surface area contributed by atoms with Gasteiger partial charge in [-0.05, 0) is 25.7 Å². The molecule has 10 nitrogen and oxygen atoms in total. The molecule has 0 unspecified atom stereocenters. The SMILES string of the molecule is N#Cc1c(N2CCC[C@@H](C(=O)O)C2)nc(N)c2c(N)nc3c(c12)CC(=O)N3C1CCCC1. The van der Waals surface area contributed by atoms with E-state index in [9.17, 15) is 20.0 Å². The van der Waals surface area contributed by atoms with Crippen molar-refractivity contribution in [3.05, 3.63) is 11.1 Å². The maximum absolute atomic E-state index is 13.0. The molecule has 1 saturated heterocycles.